The number of hydrogen-bond donors (Lipinski definition) is 2. The molecule has 0 unspecified atom stereocenters. The van der Waals surface area contributed by atoms with Gasteiger partial charge in [0.15, 0.2) is 0 Å². The number of nitrogens with zero attached hydrogens (tertiary/aromatic N) is 2. The molecular weight excluding hydrogens is 1050 g/mol. The van der Waals surface area contributed by atoms with Gasteiger partial charge in [-0.05, 0) is 84.6 Å². The molecule has 0 aliphatic rings. The first kappa shape index (κ1) is 52.8. The average Bonchev–Trinajstić information content (AvgIpc) is 4.03. The van der Waals surface area contributed by atoms with Gasteiger partial charge >= 0.3 is 26.2 Å². The van der Waals surface area contributed by atoms with Crippen molar-refractivity contribution < 1.29 is 36.4 Å². The zero-order valence-corrected chi connectivity index (χ0v) is 44.6. The van der Waals surface area contributed by atoms with E-state index in [1.807, 2.05) is 170 Å². The molecule has 0 radical (unpaired) electrons. The van der Waals surface area contributed by atoms with Gasteiger partial charge in [-0.2, -0.15) is 49.2 Å². The van der Waals surface area contributed by atoms with E-state index in [4.69, 9.17) is 56.4 Å². The standard InChI is InChI=1S/2C22H15Cl2NOS.2C7H7.Zr/c2*1-13-10-15(14-6-3-2-4-7-14)21(26)16(11-13)22-25-19(12-27-22)20-17(23)8-5-9-18(20)24;2*1-7-5-3-2-4-6-7;/h2*2-12,26H,1H3;2*2-6H,1H2;/q;;2*-1;+2. The fourth-order valence-electron chi connectivity index (χ4n) is 7.02. The molecule has 0 spiro atoms. The molecule has 0 saturated heterocycles. The van der Waals surface area contributed by atoms with Gasteiger partial charge in [-0.1, -0.05) is 131 Å². The van der Waals surface area contributed by atoms with Crippen LogP contribution >= 0.6 is 69.1 Å². The summed E-state index contributed by atoms with van der Waals surface area (Å²) in [6.07, 6.45) is 0. The van der Waals surface area contributed by atoms with Crippen LogP contribution in [0.5, 0.6) is 11.5 Å². The number of benzene rings is 8. The molecule has 0 saturated carbocycles. The van der Waals surface area contributed by atoms with Gasteiger partial charge in [0.25, 0.3) is 0 Å². The molecule has 0 bridgehead atoms. The number of thiazole rings is 2. The molecule has 69 heavy (non-hydrogen) atoms. The molecule has 2 N–H and O–H groups in total. The molecule has 342 valence electrons. The summed E-state index contributed by atoms with van der Waals surface area (Å²) >= 11 is 28.2. The number of rotatable bonds is 6. The molecule has 10 rings (SSSR count). The van der Waals surface area contributed by atoms with Crippen LogP contribution in [-0.2, 0) is 26.2 Å². The van der Waals surface area contributed by atoms with Crippen LogP contribution < -0.4 is 0 Å². The van der Waals surface area contributed by atoms with Crippen LogP contribution in [0.2, 0.25) is 20.1 Å². The van der Waals surface area contributed by atoms with E-state index in [2.05, 4.69) is 13.8 Å². The van der Waals surface area contributed by atoms with Crippen molar-refractivity contribution in [3.8, 4) is 77.4 Å². The van der Waals surface area contributed by atoms with Crippen LogP contribution in [0.25, 0.3) is 65.9 Å². The van der Waals surface area contributed by atoms with E-state index in [0.717, 1.165) is 54.5 Å². The Balaban J connectivity index is 0.000000175. The molecule has 0 amide bonds. The van der Waals surface area contributed by atoms with Crippen LogP contribution in [0.1, 0.15) is 22.3 Å². The molecule has 10 aromatic rings. The largest absolute Gasteiger partial charge is 2.00 e. The normalized spacial score (nSPS) is 10.3. The minimum Gasteiger partial charge on any atom is -0.507 e. The third-order valence-electron chi connectivity index (χ3n) is 10.3. The molecule has 0 aliphatic heterocycles. The van der Waals surface area contributed by atoms with Gasteiger partial charge in [0.05, 0.1) is 42.6 Å². The molecular formula is C58H44Cl4N2O2S2Zr. The Labute approximate surface area is 451 Å². The number of aromatic nitrogens is 2. The fourth-order valence-corrected chi connectivity index (χ4v) is 9.86. The Bertz CT molecular complexity index is 2980. The molecule has 2 heterocycles. The number of halogens is 4. The van der Waals surface area contributed by atoms with E-state index < -0.39 is 0 Å². The Morgan fingerprint density at radius 2 is 0.696 bits per heavy atom. The van der Waals surface area contributed by atoms with Gasteiger partial charge in [0.1, 0.15) is 21.5 Å². The quantitative estimate of drug-likeness (QED) is 0.163. The summed E-state index contributed by atoms with van der Waals surface area (Å²) in [4.78, 5) is 9.40. The molecule has 2 aromatic heterocycles. The number of aryl methyl sites for hydroxylation is 2. The second-order valence-corrected chi connectivity index (χ2v) is 18.7. The van der Waals surface area contributed by atoms with Gasteiger partial charge in [0.2, 0.25) is 0 Å². The Morgan fingerprint density at radius 3 is 0.986 bits per heavy atom. The van der Waals surface area contributed by atoms with E-state index in [0.29, 0.717) is 53.7 Å². The number of phenolic OH excluding ortho intramolecular Hbond substituents is 2. The van der Waals surface area contributed by atoms with E-state index >= 15 is 0 Å². The average molecular weight is 1100 g/mol. The van der Waals surface area contributed by atoms with Crippen LogP contribution in [0, 0.1) is 27.7 Å². The van der Waals surface area contributed by atoms with E-state index in [-0.39, 0.29) is 37.7 Å². The van der Waals surface area contributed by atoms with Crippen molar-refractivity contribution in [3.63, 3.8) is 0 Å². The number of aromatic hydroxyl groups is 2. The zero-order valence-electron chi connectivity index (χ0n) is 37.5. The molecule has 0 aliphatic carbocycles. The van der Waals surface area contributed by atoms with Crippen LogP contribution in [-0.4, -0.2) is 20.2 Å². The Hall–Kier alpha value is -5.60. The van der Waals surface area contributed by atoms with Gasteiger partial charge < -0.3 is 10.2 Å². The molecule has 0 fully saturated rings. The van der Waals surface area contributed by atoms with Crippen molar-refractivity contribution in [1.29, 1.82) is 0 Å². The third-order valence-corrected chi connectivity index (χ3v) is 13.3. The minimum absolute atomic E-state index is 0. The van der Waals surface area contributed by atoms with E-state index in [1.165, 1.54) is 22.7 Å². The molecule has 11 heteroatoms. The summed E-state index contributed by atoms with van der Waals surface area (Å²) in [5, 5.41) is 29.3. The maximum absolute atomic E-state index is 10.9. The molecule has 8 aromatic carbocycles. The van der Waals surface area contributed by atoms with Gasteiger partial charge in [0, 0.05) is 33.0 Å². The maximum Gasteiger partial charge on any atom is 2.00 e. The monoisotopic (exact) mass is 1090 g/mol. The topological polar surface area (TPSA) is 66.2 Å². The van der Waals surface area contributed by atoms with E-state index in [9.17, 15) is 10.2 Å². The summed E-state index contributed by atoms with van der Waals surface area (Å²) in [5.41, 5.74) is 12.0. The second kappa shape index (κ2) is 25.3. The predicted octanol–water partition coefficient (Wildman–Crippen LogP) is 18.7. The van der Waals surface area contributed by atoms with Crippen LogP contribution in [0.4, 0.5) is 0 Å². The number of hydrogen-bond acceptors (Lipinski definition) is 6. The third kappa shape index (κ3) is 13.8. The Morgan fingerprint density at radius 1 is 0.406 bits per heavy atom. The SMILES string of the molecule is Cc1cc(-c2ccccc2)c(O)c(-c2nc(-c3c(Cl)cccc3Cl)cs2)c1.Cc1cc(-c2ccccc2)c(O)c(-c2nc(-c3c(Cl)cccc3Cl)cs2)c1.[CH2-]c1ccccc1.[CH2-]c1ccccc1.[Zr+2]. The second-order valence-electron chi connectivity index (χ2n) is 15.4. The molecule has 4 nitrogen and oxygen atoms in total. The van der Waals surface area contributed by atoms with Crippen molar-refractivity contribution in [2.24, 2.45) is 0 Å². The van der Waals surface area contributed by atoms with Crippen LogP contribution in [0.15, 0.2) is 193 Å². The molecule has 0 atom stereocenters. The first-order valence-electron chi connectivity index (χ1n) is 21.2. The fraction of sp³-hybridized carbons (Fsp3) is 0.0345. The van der Waals surface area contributed by atoms with Crippen LogP contribution in [0.3, 0.4) is 0 Å². The van der Waals surface area contributed by atoms with Crippen molar-refractivity contribution in [3.05, 3.63) is 249 Å². The van der Waals surface area contributed by atoms with Gasteiger partial charge in [-0.3, -0.25) is 0 Å². The van der Waals surface area contributed by atoms with Gasteiger partial charge in [-0.15, -0.1) is 46.9 Å². The first-order chi connectivity index (χ1) is 32.9. The van der Waals surface area contributed by atoms with Crippen molar-refractivity contribution in [2.45, 2.75) is 13.8 Å². The van der Waals surface area contributed by atoms with Crippen molar-refractivity contribution in [2.75, 3.05) is 0 Å². The summed E-state index contributed by atoms with van der Waals surface area (Å²) in [7, 11) is 0. The zero-order chi connectivity index (χ0) is 48.2. The predicted molar refractivity (Wildman–Crippen MR) is 291 cm³/mol. The minimum atomic E-state index is 0. The van der Waals surface area contributed by atoms with Crippen molar-refractivity contribution >= 4 is 69.1 Å². The summed E-state index contributed by atoms with van der Waals surface area (Å²) in [5.74, 6) is 0.441. The Kier molecular flexibility index (Phi) is 19.4. The first-order valence-corrected chi connectivity index (χ1v) is 24.5. The smallest absolute Gasteiger partial charge is 0.507 e. The van der Waals surface area contributed by atoms with Crippen molar-refractivity contribution in [1.82, 2.24) is 9.97 Å². The summed E-state index contributed by atoms with van der Waals surface area (Å²) in [6.45, 7) is 11.5. The van der Waals surface area contributed by atoms with E-state index in [1.54, 1.807) is 36.4 Å². The van der Waals surface area contributed by atoms with Gasteiger partial charge in [-0.25, -0.2) is 9.97 Å². The summed E-state index contributed by atoms with van der Waals surface area (Å²) < 4.78 is 0. The summed E-state index contributed by atoms with van der Waals surface area (Å²) in [6, 6.07) is 58.0. The maximum atomic E-state index is 10.9. The number of phenols is 2.